The van der Waals surface area contributed by atoms with E-state index < -0.39 is 35.4 Å². The minimum absolute atomic E-state index is 0.0846. The van der Waals surface area contributed by atoms with E-state index >= 15 is 0 Å². The summed E-state index contributed by atoms with van der Waals surface area (Å²) in [4.78, 5) is 44.8. The van der Waals surface area contributed by atoms with Gasteiger partial charge in [-0.15, -0.1) is 0 Å². The van der Waals surface area contributed by atoms with E-state index in [4.69, 9.17) is 9.47 Å². The molecular formula is C29H33N5O6S. The Kier molecular flexibility index (Phi) is 9.06. The van der Waals surface area contributed by atoms with E-state index in [9.17, 15) is 19.5 Å². The zero-order valence-corrected chi connectivity index (χ0v) is 24.2. The maximum absolute atomic E-state index is 13.1. The number of H-pyrrole nitrogens is 1. The highest BCUT2D eigenvalue weighted by molar-refractivity contribution is 7.08. The molecule has 0 fully saturated rings. The molecule has 4 rings (SSSR count). The van der Waals surface area contributed by atoms with E-state index in [1.807, 2.05) is 16.8 Å². The number of methoxy groups -OCH3 is 1. The second-order valence-electron chi connectivity index (χ2n) is 10.4. The third kappa shape index (κ3) is 7.69. The zero-order chi connectivity index (χ0) is 29.7. The average Bonchev–Trinajstić information content (AvgIpc) is 3.45. The highest BCUT2D eigenvalue weighted by atomic mass is 32.1. The minimum atomic E-state index is -1.14. The molecule has 0 aliphatic rings. The lowest BCUT2D eigenvalue weighted by Gasteiger charge is -2.25. The normalized spacial score (nSPS) is 12.9. The molecule has 3 aromatic heterocycles. The fourth-order valence-electron chi connectivity index (χ4n) is 4.03. The van der Waals surface area contributed by atoms with Crippen LogP contribution in [-0.4, -0.2) is 46.3 Å². The van der Waals surface area contributed by atoms with Crippen molar-refractivity contribution in [3.05, 3.63) is 86.0 Å². The number of aryl methyl sites for hydroxylation is 1. The van der Waals surface area contributed by atoms with Gasteiger partial charge in [-0.3, -0.25) is 14.9 Å². The second-order valence-corrected chi connectivity index (χ2v) is 11.2. The average molecular weight is 580 g/mol. The lowest BCUT2D eigenvalue weighted by Crippen LogP contribution is -2.39. The Bertz CT molecular complexity index is 1600. The zero-order valence-electron chi connectivity index (χ0n) is 23.4. The molecule has 1 aromatic carbocycles. The van der Waals surface area contributed by atoms with Crippen molar-refractivity contribution in [3.8, 4) is 5.88 Å². The summed E-state index contributed by atoms with van der Waals surface area (Å²) in [7, 11) is 1.47. The number of alkyl carbamates (subject to hydrolysis) is 1. The highest BCUT2D eigenvalue weighted by Gasteiger charge is 2.22. The van der Waals surface area contributed by atoms with Crippen LogP contribution in [0.15, 0.2) is 58.1 Å². The van der Waals surface area contributed by atoms with Gasteiger partial charge < -0.3 is 30.2 Å². The molecule has 0 radical (unpaired) electrons. The van der Waals surface area contributed by atoms with E-state index in [2.05, 4.69) is 25.9 Å². The molecule has 3 heterocycles. The largest absolute Gasteiger partial charge is 0.481 e. The Hall–Kier alpha value is -4.26. The van der Waals surface area contributed by atoms with Crippen molar-refractivity contribution in [2.45, 2.75) is 45.6 Å². The van der Waals surface area contributed by atoms with Crippen LogP contribution in [0.2, 0.25) is 0 Å². The molecule has 0 aliphatic carbocycles. The summed E-state index contributed by atoms with van der Waals surface area (Å²) >= 11 is 1.50. The van der Waals surface area contributed by atoms with Crippen molar-refractivity contribution in [1.82, 2.24) is 20.6 Å². The molecular weight excluding hydrogens is 546 g/mol. The Morgan fingerprint density at radius 2 is 1.93 bits per heavy atom. The first kappa shape index (κ1) is 29.7. The number of fused-ring (bicyclic) bond motifs is 1. The van der Waals surface area contributed by atoms with Gasteiger partial charge in [0.15, 0.2) is 0 Å². The van der Waals surface area contributed by atoms with Crippen molar-refractivity contribution in [2.75, 3.05) is 19.0 Å². The molecule has 41 heavy (non-hydrogen) atoms. The Morgan fingerprint density at radius 1 is 1.15 bits per heavy atom. The van der Waals surface area contributed by atoms with Crippen molar-refractivity contribution in [2.24, 2.45) is 0 Å². The molecule has 12 heteroatoms. The van der Waals surface area contributed by atoms with Gasteiger partial charge in [0.25, 0.3) is 11.5 Å². The number of anilines is 1. The van der Waals surface area contributed by atoms with Gasteiger partial charge >= 0.3 is 6.09 Å². The van der Waals surface area contributed by atoms with Crippen LogP contribution in [0.4, 0.5) is 10.5 Å². The van der Waals surface area contributed by atoms with E-state index in [1.54, 1.807) is 52.0 Å². The molecule has 0 saturated heterocycles. The summed E-state index contributed by atoms with van der Waals surface area (Å²) in [5.74, 6) is -0.267. The SMILES string of the molecule is COc1cc2[nH]c(=O)c(C(=O)Nc3cc(C(O)NC(CNC(=O)OC(C)(C)C)c4ccsc4)ccc3C)cc2cn1. The standard InChI is InChI=1S/C29H33N5O6S/c1-16-6-7-17(25(35)34-23(18-8-9-41-15-18)14-31-28(38)40-29(2,3)4)11-21(16)32-26(36)20-10-19-13-30-24(39-5)12-22(19)33-27(20)37/h6-13,15,23,25,34-35H,14H2,1-5H3,(H,31,38)(H,32,36)(H,33,37). The number of hydrogen-bond donors (Lipinski definition) is 5. The summed E-state index contributed by atoms with van der Waals surface area (Å²) in [6.07, 6.45) is -0.189. The number of ether oxygens (including phenoxy) is 2. The predicted octanol–water partition coefficient (Wildman–Crippen LogP) is 4.40. The molecule has 11 nitrogen and oxygen atoms in total. The number of carbonyl (C=O) groups excluding carboxylic acids is 2. The predicted molar refractivity (Wildman–Crippen MR) is 157 cm³/mol. The van der Waals surface area contributed by atoms with Gasteiger partial charge in [0, 0.05) is 29.9 Å². The summed E-state index contributed by atoms with van der Waals surface area (Å²) in [6.45, 7) is 7.32. The van der Waals surface area contributed by atoms with E-state index in [0.29, 0.717) is 28.0 Å². The third-order valence-electron chi connectivity index (χ3n) is 6.14. The number of thiophene rings is 1. The number of hydrogen-bond acceptors (Lipinski definition) is 9. The number of aliphatic hydroxyl groups is 1. The van der Waals surface area contributed by atoms with Crippen LogP contribution in [0.1, 0.15) is 60.1 Å². The van der Waals surface area contributed by atoms with Gasteiger partial charge in [-0.2, -0.15) is 11.3 Å². The Labute approximate surface area is 240 Å². The molecule has 0 aliphatic heterocycles. The van der Waals surface area contributed by atoms with Crippen LogP contribution >= 0.6 is 11.3 Å². The first-order chi connectivity index (χ1) is 19.4. The van der Waals surface area contributed by atoms with Crippen LogP contribution in [0.3, 0.4) is 0 Å². The van der Waals surface area contributed by atoms with Crippen molar-refractivity contribution in [1.29, 1.82) is 0 Å². The fourth-order valence-corrected chi connectivity index (χ4v) is 4.74. The van der Waals surface area contributed by atoms with E-state index in [0.717, 1.165) is 11.1 Å². The number of pyridine rings is 2. The minimum Gasteiger partial charge on any atom is -0.481 e. The third-order valence-corrected chi connectivity index (χ3v) is 6.84. The number of rotatable bonds is 9. The monoisotopic (exact) mass is 579 g/mol. The van der Waals surface area contributed by atoms with Gasteiger partial charge in [0.05, 0.1) is 18.7 Å². The summed E-state index contributed by atoms with van der Waals surface area (Å²) in [6, 6.07) is 9.65. The second kappa shape index (κ2) is 12.5. The van der Waals surface area contributed by atoms with Gasteiger partial charge in [0.1, 0.15) is 17.4 Å². The summed E-state index contributed by atoms with van der Waals surface area (Å²) < 4.78 is 10.4. The molecule has 2 atom stereocenters. The quantitative estimate of drug-likeness (QED) is 0.183. The van der Waals surface area contributed by atoms with Gasteiger partial charge in [0.2, 0.25) is 5.88 Å². The number of nitrogens with zero attached hydrogens (tertiary/aromatic N) is 1. The lowest BCUT2D eigenvalue weighted by molar-refractivity contribution is 0.0511. The topological polar surface area (TPSA) is 155 Å². The van der Waals surface area contributed by atoms with Crippen molar-refractivity contribution < 1.29 is 24.2 Å². The van der Waals surface area contributed by atoms with Crippen LogP contribution < -0.4 is 26.2 Å². The molecule has 2 unspecified atom stereocenters. The molecule has 5 N–H and O–H groups in total. The summed E-state index contributed by atoms with van der Waals surface area (Å²) in [5, 5.41) is 24.1. The maximum atomic E-state index is 13.1. The molecule has 216 valence electrons. The van der Waals surface area contributed by atoms with Gasteiger partial charge in [-0.25, -0.2) is 9.78 Å². The van der Waals surface area contributed by atoms with Crippen LogP contribution in [0.5, 0.6) is 5.88 Å². The van der Waals surface area contributed by atoms with Crippen LogP contribution in [0, 0.1) is 6.92 Å². The van der Waals surface area contributed by atoms with E-state index in [-0.39, 0.29) is 12.1 Å². The number of amides is 2. The fraction of sp³-hybridized carbons (Fsp3) is 0.310. The molecule has 0 bridgehead atoms. The molecule has 0 saturated carbocycles. The number of aliphatic hydroxyl groups excluding tert-OH is 1. The van der Waals surface area contributed by atoms with E-state index in [1.165, 1.54) is 30.7 Å². The van der Waals surface area contributed by atoms with Crippen LogP contribution in [0.25, 0.3) is 10.9 Å². The molecule has 2 amide bonds. The first-order valence-corrected chi connectivity index (χ1v) is 13.8. The number of nitrogens with one attached hydrogen (secondary N) is 4. The van der Waals surface area contributed by atoms with Crippen molar-refractivity contribution >= 4 is 39.9 Å². The lowest BCUT2D eigenvalue weighted by atomic mass is 10.1. The summed E-state index contributed by atoms with van der Waals surface area (Å²) in [5.41, 5.74) is 1.74. The van der Waals surface area contributed by atoms with Crippen LogP contribution in [-0.2, 0) is 4.74 Å². The number of aromatic amines is 1. The Balaban J connectivity index is 1.50. The smallest absolute Gasteiger partial charge is 0.407 e. The van der Waals surface area contributed by atoms with Crippen molar-refractivity contribution in [3.63, 3.8) is 0 Å². The first-order valence-electron chi connectivity index (χ1n) is 12.9. The van der Waals surface area contributed by atoms with Gasteiger partial charge in [-0.1, -0.05) is 12.1 Å². The molecule has 4 aromatic rings. The highest BCUT2D eigenvalue weighted by Crippen LogP contribution is 2.25. The molecule has 0 spiro atoms. The number of benzene rings is 1. The maximum Gasteiger partial charge on any atom is 0.407 e. The number of carbonyl (C=O) groups is 2. The Morgan fingerprint density at radius 3 is 2.61 bits per heavy atom. The number of aromatic nitrogens is 2. The van der Waals surface area contributed by atoms with Gasteiger partial charge in [-0.05, 0) is 73.3 Å².